The minimum Gasteiger partial charge on any atom is -0.375 e. The molecule has 0 aliphatic heterocycles. The Bertz CT molecular complexity index is 966. The number of thiazole rings is 1. The van der Waals surface area contributed by atoms with E-state index in [4.69, 9.17) is 5.73 Å². The Hall–Kier alpha value is -2.61. The minimum atomic E-state index is -4.41. The van der Waals surface area contributed by atoms with E-state index < -0.39 is 11.7 Å². The van der Waals surface area contributed by atoms with Gasteiger partial charge in [-0.15, -0.1) is 0 Å². The molecule has 0 aliphatic rings. The van der Waals surface area contributed by atoms with E-state index >= 15 is 0 Å². The van der Waals surface area contributed by atoms with Crippen LogP contribution >= 0.6 is 11.3 Å². The van der Waals surface area contributed by atoms with Crippen LogP contribution in [0.25, 0.3) is 10.2 Å². The number of benzene rings is 2. The quantitative estimate of drug-likeness (QED) is 0.715. The molecule has 2 aromatic carbocycles. The molecule has 3 rings (SSSR count). The van der Waals surface area contributed by atoms with Crippen molar-refractivity contribution in [2.45, 2.75) is 19.5 Å². The van der Waals surface area contributed by atoms with Crippen LogP contribution in [-0.4, -0.2) is 17.4 Å². The number of nitrogen functional groups attached to an aromatic ring is 1. The van der Waals surface area contributed by atoms with Gasteiger partial charge in [-0.2, -0.15) is 13.2 Å². The molecule has 0 aliphatic carbocycles. The Morgan fingerprint density at radius 3 is 2.73 bits per heavy atom. The average Bonchev–Trinajstić information content (AvgIpc) is 2.95. The molecule has 0 fully saturated rings. The Morgan fingerprint density at radius 1 is 1.27 bits per heavy atom. The summed E-state index contributed by atoms with van der Waals surface area (Å²) < 4.78 is 39.8. The topological polar surface area (TPSA) is 68.0 Å². The summed E-state index contributed by atoms with van der Waals surface area (Å²) in [6.07, 6.45) is -4.31. The Kier molecular flexibility index (Phi) is 4.86. The largest absolute Gasteiger partial charge is 0.416 e. The number of amides is 1. The maximum Gasteiger partial charge on any atom is 0.416 e. The third-order valence-electron chi connectivity index (χ3n) is 3.97. The van der Waals surface area contributed by atoms with Crippen molar-refractivity contribution in [3.05, 3.63) is 58.7 Å². The number of nitrogens with one attached hydrogen (secondary N) is 1. The lowest BCUT2D eigenvalue weighted by Crippen LogP contribution is -2.26. The number of aromatic nitrogens is 1. The van der Waals surface area contributed by atoms with E-state index in [1.165, 1.54) is 23.5 Å². The van der Waals surface area contributed by atoms with E-state index in [2.05, 4.69) is 10.3 Å². The second-order valence-electron chi connectivity index (χ2n) is 5.85. The van der Waals surface area contributed by atoms with Crippen LogP contribution in [0.1, 0.15) is 27.0 Å². The molecule has 0 unspecified atom stereocenters. The van der Waals surface area contributed by atoms with Crippen LogP contribution in [0.2, 0.25) is 0 Å². The van der Waals surface area contributed by atoms with Gasteiger partial charge in [0.2, 0.25) is 0 Å². The molecule has 136 valence electrons. The molecule has 0 radical (unpaired) electrons. The fourth-order valence-electron chi connectivity index (χ4n) is 2.77. The highest BCUT2D eigenvalue weighted by atomic mass is 32.1. The number of aryl methyl sites for hydroxylation is 1. The molecule has 3 aromatic rings. The highest BCUT2D eigenvalue weighted by Gasteiger charge is 2.32. The summed E-state index contributed by atoms with van der Waals surface area (Å²) in [4.78, 5) is 16.5. The van der Waals surface area contributed by atoms with Crippen molar-refractivity contribution < 1.29 is 18.0 Å². The van der Waals surface area contributed by atoms with Gasteiger partial charge >= 0.3 is 6.18 Å². The fourth-order valence-corrected chi connectivity index (χ4v) is 3.62. The monoisotopic (exact) mass is 379 g/mol. The van der Waals surface area contributed by atoms with Gasteiger partial charge in [0.15, 0.2) is 5.13 Å². The molecule has 0 saturated carbocycles. The van der Waals surface area contributed by atoms with Gasteiger partial charge in [0, 0.05) is 12.1 Å². The van der Waals surface area contributed by atoms with Crippen molar-refractivity contribution in [3.8, 4) is 0 Å². The molecule has 26 heavy (non-hydrogen) atoms. The first-order chi connectivity index (χ1) is 12.3. The number of nitrogens with zero attached hydrogens (tertiary/aromatic N) is 1. The van der Waals surface area contributed by atoms with Crippen LogP contribution in [0.15, 0.2) is 36.4 Å². The third kappa shape index (κ3) is 3.80. The lowest BCUT2D eigenvalue weighted by atomic mass is 10.0. The van der Waals surface area contributed by atoms with Crippen LogP contribution in [0.4, 0.5) is 18.3 Å². The first-order valence-electron chi connectivity index (χ1n) is 7.85. The van der Waals surface area contributed by atoms with Crippen LogP contribution in [-0.2, 0) is 12.6 Å². The molecular formula is C18H16F3N3OS. The highest BCUT2D eigenvalue weighted by Crippen LogP contribution is 2.32. The molecule has 0 atom stereocenters. The van der Waals surface area contributed by atoms with Crippen molar-refractivity contribution in [1.29, 1.82) is 0 Å². The van der Waals surface area contributed by atoms with E-state index in [9.17, 15) is 18.0 Å². The Labute approximate surface area is 151 Å². The van der Waals surface area contributed by atoms with Gasteiger partial charge in [0.05, 0.1) is 15.8 Å². The lowest BCUT2D eigenvalue weighted by molar-refractivity contribution is -0.138. The van der Waals surface area contributed by atoms with E-state index in [-0.39, 0.29) is 24.4 Å². The Balaban J connectivity index is 1.71. The molecule has 1 amide bonds. The zero-order valence-corrected chi connectivity index (χ0v) is 14.7. The van der Waals surface area contributed by atoms with Gasteiger partial charge in [-0.1, -0.05) is 29.5 Å². The second-order valence-corrected chi connectivity index (χ2v) is 6.92. The molecule has 0 spiro atoms. The molecule has 4 nitrogen and oxygen atoms in total. The maximum atomic E-state index is 13.0. The summed E-state index contributed by atoms with van der Waals surface area (Å²) in [5.74, 6) is -0.341. The first-order valence-corrected chi connectivity index (χ1v) is 8.67. The molecule has 0 saturated heterocycles. The molecule has 1 aromatic heterocycles. The zero-order chi connectivity index (χ0) is 18.9. The minimum absolute atomic E-state index is 0.0934. The molecule has 1 heterocycles. The van der Waals surface area contributed by atoms with Crippen LogP contribution < -0.4 is 11.1 Å². The SMILES string of the molecule is Cc1cc(C(=O)NCCc2ccccc2C(F)(F)F)cc2sc(N)nc12. The number of carbonyl (C=O) groups is 1. The van der Waals surface area contributed by atoms with Crippen molar-refractivity contribution in [3.63, 3.8) is 0 Å². The lowest BCUT2D eigenvalue weighted by Gasteiger charge is -2.13. The summed E-state index contributed by atoms with van der Waals surface area (Å²) in [5, 5.41) is 3.09. The van der Waals surface area contributed by atoms with Gasteiger partial charge in [-0.25, -0.2) is 4.98 Å². The number of halogens is 3. The summed E-state index contributed by atoms with van der Waals surface area (Å²) in [7, 11) is 0. The summed E-state index contributed by atoms with van der Waals surface area (Å²) >= 11 is 1.28. The second kappa shape index (κ2) is 6.95. The summed E-state index contributed by atoms with van der Waals surface area (Å²) in [6.45, 7) is 1.94. The predicted octanol–water partition coefficient (Wildman–Crippen LogP) is 4.18. The van der Waals surface area contributed by atoms with E-state index in [0.717, 1.165) is 21.8 Å². The molecule has 8 heteroatoms. The number of rotatable bonds is 4. The van der Waals surface area contributed by atoms with Gasteiger partial charge in [-0.05, 0) is 42.7 Å². The summed E-state index contributed by atoms with van der Waals surface area (Å²) in [5.41, 5.74) is 7.18. The van der Waals surface area contributed by atoms with Crippen molar-refractivity contribution in [1.82, 2.24) is 10.3 Å². The normalized spacial score (nSPS) is 11.7. The van der Waals surface area contributed by atoms with Gasteiger partial charge in [-0.3, -0.25) is 4.79 Å². The number of hydrogen-bond donors (Lipinski definition) is 2. The smallest absolute Gasteiger partial charge is 0.375 e. The predicted molar refractivity (Wildman–Crippen MR) is 96.3 cm³/mol. The van der Waals surface area contributed by atoms with Gasteiger partial charge in [0.25, 0.3) is 5.91 Å². The number of fused-ring (bicyclic) bond motifs is 1. The Morgan fingerprint density at radius 2 is 2.00 bits per heavy atom. The first kappa shape index (κ1) is 18.2. The van der Waals surface area contributed by atoms with Crippen LogP contribution in [0, 0.1) is 6.92 Å². The number of alkyl halides is 3. The number of hydrogen-bond acceptors (Lipinski definition) is 4. The summed E-state index contributed by atoms with van der Waals surface area (Å²) in [6, 6.07) is 8.76. The third-order valence-corrected chi connectivity index (χ3v) is 4.80. The standard InChI is InChI=1S/C18H16F3N3OS/c1-10-8-12(9-14-15(10)24-17(22)26-14)16(25)23-7-6-11-4-2-3-5-13(11)18(19,20)21/h2-5,8-9H,6-7H2,1H3,(H2,22,24)(H,23,25). The molecule has 3 N–H and O–H groups in total. The zero-order valence-electron chi connectivity index (χ0n) is 13.9. The number of anilines is 1. The molecular weight excluding hydrogens is 363 g/mol. The van der Waals surface area contributed by atoms with Crippen molar-refractivity contribution in [2.75, 3.05) is 12.3 Å². The van der Waals surface area contributed by atoms with Gasteiger partial charge in [0.1, 0.15) is 0 Å². The number of nitrogens with two attached hydrogens (primary N) is 1. The average molecular weight is 379 g/mol. The highest BCUT2D eigenvalue weighted by molar-refractivity contribution is 7.22. The molecule has 0 bridgehead atoms. The van der Waals surface area contributed by atoms with Crippen molar-refractivity contribution in [2.24, 2.45) is 0 Å². The van der Waals surface area contributed by atoms with E-state index in [0.29, 0.717) is 10.7 Å². The van der Waals surface area contributed by atoms with Gasteiger partial charge < -0.3 is 11.1 Å². The maximum absolute atomic E-state index is 13.0. The fraction of sp³-hybridized carbons (Fsp3) is 0.222. The van der Waals surface area contributed by atoms with Crippen LogP contribution in [0.5, 0.6) is 0 Å². The van der Waals surface area contributed by atoms with E-state index in [1.807, 2.05) is 6.92 Å². The van der Waals surface area contributed by atoms with Crippen molar-refractivity contribution >= 4 is 32.6 Å². The van der Waals surface area contributed by atoms with E-state index in [1.54, 1.807) is 18.2 Å². The van der Waals surface area contributed by atoms with Crippen LogP contribution in [0.3, 0.4) is 0 Å². The number of carbonyl (C=O) groups excluding carboxylic acids is 1.